The number of hydrogen-bond donors (Lipinski definition) is 1. The molecule has 4 aromatic carbocycles. The molecular formula is C34H28IN3O6. The van der Waals surface area contributed by atoms with E-state index in [2.05, 4.69) is 27.9 Å². The van der Waals surface area contributed by atoms with E-state index < -0.39 is 17.8 Å². The number of aryl methyl sites for hydroxylation is 1. The summed E-state index contributed by atoms with van der Waals surface area (Å²) in [5, 5.41) is 2.81. The molecule has 1 aliphatic heterocycles. The number of urea groups is 1. The molecule has 0 aliphatic carbocycles. The first-order valence-electron chi connectivity index (χ1n) is 13.8. The quantitative estimate of drug-likeness (QED) is 0.120. The number of halogens is 1. The van der Waals surface area contributed by atoms with E-state index in [9.17, 15) is 19.2 Å². The van der Waals surface area contributed by atoms with Gasteiger partial charge in [0, 0.05) is 5.69 Å². The van der Waals surface area contributed by atoms with Crippen molar-refractivity contribution >= 4 is 69.5 Å². The molecule has 0 spiro atoms. The SMILES string of the molecule is CCOc1cc(C=C2C(=O)N(c3ccccc3)C(=O)N(c3ccccc3)C2=O)cc(I)c1OCC(=O)Nc1cccc(C)c1. The van der Waals surface area contributed by atoms with Crippen LogP contribution in [0, 0.1) is 10.5 Å². The van der Waals surface area contributed by atoms with E-state index in [1.165, 1.54) is 6.08 Å². The topological polar surface area (TPSA) is 105 Å². The van der Waals surface area contributed by atoms with E-state index in [4.69, 9.17) is 9.47 Å². The fourth-order valence-electron chi connectivity index (χ4n) is 4.64. The fraction of sp³-hybridized carbons (Fsp3) is 0.118. The molecule has 4 aromatic rings. The lowest BCUT2D eigenvalue weighted by molar-refractivity contribution is -0.121. The van der Waals surface area contributed by atoms with Gasteiger partial charge in [-0.15, -0.1) is 0 Å². The summed E-state index contributed by atoms with van der Waals surface area (Å²) in [7, 11) is 0. The number of anilines is 3. The number of nitrogens with one attached hydrogen (secondary N) is 1. The molecule has 10 heteroatoms. The normalized spacial score (nSPS) is 13.2. The average molecular weight is 702 g/mol. The van der Waals surface area contributed by atoms with Crippen LogP contribution in [0.2, 0.25) is 0 Å². The minimum Gasteiger partial charge on any atom is -0.490 e. The number of ether oxygens (including phenoxy) is 2. The average Bonchev–Trinajstić information content (AvgIpc) is 3.00. The monoisotopic (exact) mass is 701 g/mol. The zero-order valence-electron chi connectivity index (χ0n) is 24.0. The second kappa shape index (κ2) is 13.6. The Morgan fingerprint density at radius 2 is 1.43 bits per heavy atom. The van der Waals surface area contributed by atoms with Crippen molar-refractivity contribution in [3.05, 3.63) is 117 Å². The lowest BCUT2D eigenvalue weighted by Crippen LogP contribution is -2.57. The number of barbiturate groups is 1. The van der Waals surface area contributed by atoms with Crippen LogP contribution < -0.4 is 24.6 Å². The van der Waals surface area contributed by atoms with Gasteiger partial charge < -0.3 is 14.8 Å². The van der Waals surface area contributed by atoms with Gasteiger partial charge in [0.05, 0.1) is 21.6 Å². The van der Waals surface area contributed by atoms with E-state index in [0.29, 0.717) is 44.3 Å². The van der Waals surface area contributed by atoms with Crippen molar-refractivity contribution in [2.45, 2.75) is 13.8 Å². The number of amides is 5. The molecule has 0 radical (unpaired) electrons. The van der Waals surface area contributed by atoms with Crippen molar-refractivity contribution in [1.29, 1.82) is 0 Å². The standard InChI is InChI=1S/C34H28IN3O6/c1-3-43-29-20-23(19-28(35)31(29)44-21-30(39)36-24-12-10-11-22(2)17-24)18-27-32(40)37(25-13-6-4-7-14-25)34(42)38(33(27)41)26-15-8-5-9-16-26/h4-20H,3,21H2,1-2H3,(H,36,39). The lowest BCUT2D eigenvalue weighted by Gasteiger charge is -2.34. The van der Waals surface area contributed by atoms with Crippen LogP contribution in [-0.2, 0) is 14.4 Å². The van der Waals surface area contributed by atoms with E-state index >= 15 is 0 Å². The maximum Gasteiger partial charge on any atom is 0.343 e. The van der Waals surface area contributed by atoms with E-state index in [0.717, 1.165) is 15.4 Å². The number of nitrogens with zero attached hydrogens (tertiary/aromatic N) is 2. The number of benzene rings is 4. The Balaban J connectivity index is 1.48. The number of rotatable bonds is 9. The van der Waals surface area contributed by atoms with Crippen LogP contribution in [0.3, 0.4) is 0 Å². The van der Waals surface area contributed by atoms with Crippen molar-refractivity contribution in [1.82, 2.24) is 0 Å². The maximum absolute atomic E-state index is 13.7. The minimum absolute atomic E-state index is 0.207. The van der Waals surface area contributed by atoms with Crippen LogP contribution >= 0.6 is 22.6 Å². The Labute approximate surface area is 268 Å². The Morgan fingerprint density at radius 1 is 0.818 bits per heavy atom. The molecule has 0 aromatic heterocycles. The number of hydrogen-bond acceptors (Lipinski definition) is 6. The van der Waals surface area contributed by atoms with Crippen LogP contribution in [0.4, 0.5) is 21.9 Å². The van der Waals surface area contributed by atoms with Gasteiger partial charge >= 0.3 is 6.03 Å². The molecule has 0 unspecified atom stereocenters. The van der Waals surface area contributed by atoms with Crippen molar-refractivity contribution in [2.24, 2.45) is 0 Å². The summed E-state index contributed by atoms with van der Waals surface area (Å²) in [6, 6.07) is 26.9. The highest BCUT2D eigenvalue weighted by Gasteiger charge is 2.43. The third-order valence-electron chi connectivity index (χ3n) is 6.57. The van der Waals surface area contributed by atoms with Gasteiger partial charge in [-0.3, -0.25) is 14.4 Å². The summed E-state index contributed by atoms with van der Waals surface area (Å²) < 4.78 is 12.3. The zero-order valence-corrected chi connectivity index (χ0v) is 26.1. The van der Waals surface area contributed by atoms with Crippen LogP contribution in [0.25, 0.3) is 6.08 Å². The minimum atomic E-state index is -0.771. The van der Waals surface area contributed by atoms with Gasteiger partial charge in [-0.2, -0.15) is 0 Å². The summed E-state index contributed by atoms with van der Waals surface area (Å²) in [4.78, 5) is 55.6. The Morgan fingerprint density at radius 3 is 2.00 bits per heavy atom. The van der Waals surface area contributed by atoms with Crippen LogP contribution in [0.15, 0.2) is 103 Å². The molecule has 5 rings (SSSR count). The van der Waals surface area contributed by atoms with Gasteiger partial charge in [0.1, 0.15) is 5.57 Å². The molecule has 5 amide bonds. The second-order valence-corrected chi connectivity index (χ2v) is 10.9. The molecule has 1 saturated heterocycles. The Bertz CT molecular complexity index is 1690. The fourth-order valence-corrected chi connectivity index (χ4v) is 5.42. The molecule has 222 valence electrons. The van der Waals surface area contributed by atoms with E-state index in [1.54, 1.807) is 78.9 Å². The second-order valence-electron chi connectivity index (χ2n) is 9.76. The summed E-state index contributed by atoms with van der Waals surface area (Å²) in [6.07, 6.45) is 1.43. The first-order valence-corrected chi connectivity index (χ1v) is 14.8. The van der Waals surface area contributed by atoms with Gasteiger partial charge in [-0.05, 0) is 102 Å². The van der Waals surface area contributed by atoms with Gasteiger partial charge in [-0.1, -0.05) is 48.5 Å². The van der Waals surface area contributed by atoms with E-state index in [1.807, 2.05) is 32.0 Å². The number of imide groups is 2. The molecule has 1 heterocycles. The molecule has 0 bridgehead atoms. The largest absolute Gasteiger partial charge is 0.490 e. The molecule has 0 atom stereocenters. The maximum atomic E-state index is 13.7. The third-order valence-corrected chi connectivity index (χ3v) is 7.37. The summed E-state index contributed by atoms with van der Waals surface area (Å²) in [6.45, 7) is 3.78. The Hall–Kier alpha value is -4.97. The van der Waals surface area contributed by atoms with Crippen LogP contribution in [0.1, 0.15) is 18.1 Å². The highest BCUT2D eigenvalue weighted by Crippen LogP contribution is 2.36. The summed E-state index contributed by atoms with van der Waals surface area (Å²) >= 11 is 2.05. The molecule has 1 aliphatic rings. The first kappa shape index (κ1) is 30.5. The zero-order chi connectivity index (χ0) is 31.2. The van der Waals surface area contributed by atoms with Gasteiger partial charge in [0.2, 0.25) is 0 Å². The lowest BCUT2D eigenvalue weighted by atomic mass is 10.0. The van der Waals surface area contributed by atoms with Gasteiger partial charge in [0.25, 0.3) is 17.7 Å². The predicted molar refractivity (Wildman–Crippen MR) is 177 cm³/mol. The number of para-hydroxylation sites is 2. The smallest absolute Gasteiger partial charge is 0.343 e. The summed E-state index contributed by atoms with van der Waals surface area (Å²) in [5.74, 6) is -1.16. The molecular weight excluding hydrogens is 673 g/mol. The highest BCUT2D eigenvalue weighted by atomic mass is 127. The van der Waals surface area contributed by atoms with Crippen LogP contribution in [0.5, 0.6) is 11.5 Å². The third kappa shape index (κ3) is 6.65. The molecule has 44 heavy (non-hydrogen) atoms. The Kier molecular flexibility index (Phi) is 9.39. The molecule has 1 fully saturated rings. The van der Waals surface area contributed by atoms with Gasteiger partial charge in [-0.25, -0.2) is 14.6 Å². The summed E-state index contributed by atoms with van der Waals surface area (Å²) in [5.41, 5.74) is 2.61. The van der Waals surface area contributed by atoms with Crippen molar-refractivity contribution in [3.63, 3.8) is 0 Å². The molecule has 0 saturated carbocycles. The van der Waals surface area contributed by atoms with Crippen LogP contribution in [-0.4, -0.2) is 37.0 Å². The van der Waals surface area contributed by atoms with Gasteiger partial charge in [0.15, 0.2) is 18.1 Å². The highest BCUT2D eigenvalue weighted by molar-refractivity contribution is 14.1. The first-order chi connectivity index (χ1) is 21.3. The van der Waals surface area contributed by atoms with E-state index in [-0.39, 0.29) is 18.1 Å². The molecule has 1 N–H and O–H groups in total. The molecule has 9 nitrogen and oxygen atoms in total. The number of carbonyl (C=O) groups excluding carboxylic acids is 4. The number of carbonyl (C=O) groups is 4. The predicted octanol–water partition coefficient (Wildman–Crippen LogP) is 6.60. The van der Waals surface area contributed by atoms with Crippen molar-refractivity contribution in [2.75, 3.05) is 28.3 Å². The van der Waals surface area contributed by atoms with Crippen molar-refractivity contribution in [3.8, 4) is 11.5 Å². The van der Waals surface area contributed by atoms with Crippen molar-refractivity contribution < 1.29 is 28.7 Å².